The predicted octanol–water partition coefficient (Wildman–Crippen LogP) is 1.66. The molecule has 1 heterocycles. The van der Waals surface area contributed by atoms with E-state index in [-0.39, 0.29) is 0 Å². The maximum Gasteiger partial charge on any atom is 0.0165 e. The normalized spacial score (nSPS) is 28.9. The molecule has 0 bridgehead atoms. The third kappa shape index (κ3) is 1.55. The highest BCUT2D eigenvalue weighted by molar-refractivity contribution is 4.87. The number of rotatable bonds is 2. The molecule has 1 saturated heterocycles. The van der Waals surface area contributed by atoms with E-state index in [1.165, 1.54) is 13.0 Å². The first-order valence-corrected chi connectivity index (χ1v) is 3.70. The maximum absolute atomic E-state index is 2.47. The maximum atomic E-state index is 2.47. The molecule has 1 unspecified atom stereocenters. The van der Waals surface area contributed by atoms with E-state index in [1.807, 2.05) is 0 Å². The smallest absolute Gasteiger partial charge is 0.0165 e. The van der Waals surface area contributed by atoms with Crippen LogP contribution in [0.5, 0.6) is 0 Å². The van der Waals surface area contributed by atoms with Crippen LogP contribution >= 0.6 is 0 Å². The van der Waals surface area contributed by atoms with Gasteiger partial charge in [0.2, 0.25) is 0 Å². The second-order valence-corrected chi connectivity index (χ2v) is 2.70. The van der Waals surface area contributed by atoms with Gasteiger partial charge in [0.25, 0.3) is 0 Å². The zero-order valence-corrected chi connectivity index (χ0v) is 6.30. The number of hydrogen-bond acceptors (Lipinski definition) is 1. The summed E-state index contributed by atoms with van der Waals surface area (Å²) in [4.78, 5) is 2.47. The minimum Gasteiger partial charge on any atom is -0.297 e. The largest absolute Gasteiger partial charge is 0.297 e. The number of likely N-dealkylation sites (tertiary alicyclic amines) is 1. The summed E-state index contributed by atoms with van der Waals surface area (Å²) < 4.78 is 0. The lowest BCUT2D eigenvalue weighted by Gasteiger charge is -2.37. The quantitative estimate of drug-likeness (QED) is 0.507. The Labute approximate surface area is 57.4 Å². The molecule has 1 atom stereocenters. The molecule has 1 heteroatoms. The van der Waals surface area contributed by atoms with Crippen LogP contribution in [0.25, 0.3) is 0 Å². The standard InChI is InChI=1S/C8H15N/c1-3-4-6-9-7-5-8(9)2/h3-4,8H,5-7H2,1-2H3/b4-3+. The van der Waals surface area contributed by atoms with Crippen molar-refractivity contribution < 1.29 is 0 Å². The van der Waals surface area contributed by atoms with Crippen molar-refractivity contribution in [2.75, 3.05) is 13.1 Å². The van der Waals surface area contributed by atoms with E-state index in [4.69, 9.17) is 0 Å². The fourth-order valence-corrected chi connectivity index (χ4v) is 1.08. The molecule has 0 aliphatic carbocycles. The van der Waals surface area contributed by atoms with Crippen molar-refractivity contribution in [1.29, 1.82) is 0 Å². The molecule has 0 aromatic heterocycles. The van der Waals surface area contributed by atoms with E-state index in [9.17, 15) is 0 Å². The Hall–Kier alpha value is -0.300. The van der Waals surface area contributed by atoms with Crippen molar-refractivity contribution in [2.45, 2.75) is 26.3 Å². The lowest BCUT2D eigenvalue weighted by atomic mass is 10.1. The fourth-order valence-electron chi connectivity index (χ4n) is 1.08. The summed E-state index contributed by atoms with van der Waals surface area (Å²) in [6.07, 6.45) is 5.72. The molecular formula is C8H15N. The minimum absolute atomic E-state index is 0.834. The van der Waals surface area contributed by atoms with Gasteiger partial charge in [0, 0.05) is 19.1 Å². The summed E-state index contributed by atoms with van der Waals surface area (Å²) >= 11 is 0. The third-order valence-electron chi connectivity index (χ3n) is 2.03. The second kappa shape index (κ2) is 3.02. The minimum atomic E-state index is 0.834. The molecule has 0 amide bonds. The Balaban J connectivity index is 2.13. The van der Waals surface area contributed by atoms with Crippen LogP contribution in [0.3, 0.4) is 0 Å². The zero-order valence-electron chi connectivity index (χ0n) is 6.30. The molecule has 0 aromatic carbocycles. The van der Waals surface area contributed by atoms with Crippen LogP contribution in [0.4, 0.5) is 0 Å². The van der Waals surface area contributed by atoms with Crippen LogP contribution in [-0.2, 0) is 0 Å². The van der Waals surface area contributed by atoms with Crippen LogP contribution in [0.2, 0.25) is 0 Å². The van der Waals surface area contributed by atoms with Crippen molar-refractivity contribution >= 4 is 0 Å². The molecule has 0 radical (unpaired) electrons. The molecule has 1 rings (SSSR count). The molecule has 1 nitrogen and oxygen atoms in total. The fraction of sp³-hybridized carbons (Fsp3) is 0.750. The van der Waals surface area contributed by atoms with Gasteiger partial charge in [-0.3, -0.25) is 4.90 Å². The molecule has 1 fully saturated rings. The van der Waals surface area contributed by atoms with Crippen molar-refractivity contribution in [3.8, 4) is 0 Å². The Morgan fingerprint density at radius 1 is 1.67 bits per heavy atom. The summed E-state index contributed by atoms with van der Waals surface area (Å²) in [6.45, 7) is 6.81. The monoisotopic (exact) mass is 125 g/mol. The van der Waals surface area contributed by atoms with Gasteiger partial charge >= 0.3 is 0 Å². The van der Waals surface area contributed by atoms with Gasteiger partial charge in [-0.1, -0.05) is 12.2 Å². The van der Waals surface area contributed by atoms with Crippen molar-refractivity contribution in [2.24, 2.45) is 0 Å². The molecule has 52 valence electrons. The van der Waals surface area contributed by atoms with E-state index < -0.39 is 0 Å². The molecule has 9 heavy (non-hydrogen) atoms. The Bertz CT molecular complexity index is 107. The van der Waals surface area contributed by atoms with Crippen LogP contribution in [0.15, 0.2) is 12.2 Å². The van der Waals surface area contributed by atoms with E-state index >= 15 is 0 Å². The van der Waals surface area contributed by atoms with E-state index in [2.05, 4.69) is 30.9 Å². The zero-order chi connectivity index (χ0) is 6.69. The van der Waals surface area contributed by atoms with Crippen LogP contribution in [-0.4, -0.2) is 24.0 Å². The highest BCUT2D eigenvalue weighted by Gasteiger charge is 2.20. The van der Waals surface area contributed by atoms with Crippen LogP contribution < -0.4 is 0 Å². The van der Waals surface area contributed by atoms with Gasteiger partial charge in [-0.05, 0) is 20.3 Å². The summed E-state index contributed by atoms with van der Waals surface area (Å²) in [5.41, 5.74) is 0. The van der Waals surface area contributed by atoms with Gasteiger partial charge in [0.1, 0.15) is 0 Å². The van der Waals surface area contributed by atoms with Gasteiger partial charge in [-0.25, -0.2) is 0 Å². The van der Waals surface area contributed by atoms with Crippen LogP contribution in [0, 0.1) is 0 Å². The first-order chi connectivity index (χ1) is 4.34. The molecule has 0 saturated carbocycles. The summed E-state index contributed by atoms with van der Waals surface area (Å²) in [5.74, 6) is 0. The van der Waals surface area contributed by atoms with Gasteiger partial charge < -0.3 is 0 Å². The Morgan fingerprint density at radius 3 is 2.78 bits per heavy atom. The first-order valence-electron chi connectivity index (χ1n) is 3.70. The highest BCUT2D eigenvalue weighted by atomic mass is 15.2. The Morgan fingerprint density at radius 2 is 2.44 bits per heavy atom. The first kappa shape index (κ1) is 6.81. The molecular weight excluding hydrogens is 110 g/mol. The number of hydrogen-bond donors (Lipinski definition) is 0. The van der Waals surface area contributed by atoms with Crippen molar-refractivity contribution in [3.63, 3.8) is 0 Å². The molecule has 0 spiro atoms. The Kier molecular flexibility index (Phi) is 2.29. The van der Waals surface area contributed by atoms with Crippen molar-refractivity contribution in [3.05, 3.63) is 12.2 Å². The lowest BCUT2D eigenvalue weighted by Crippen LogP contribution is -2.45. The van der Waals surface area contributed by atoms with Gasteiger partial charge in [0.15, 0.2) is 0 Å². The number of nitrogens with zero attached hydrogens (tertiary/aromatic N) is 1. The van der Waals surface area contributed by atoms with Crippen LogP contribution in [0.1, 0.15) is 20.3 Å². The molecule has 0 N–H and O–H groups in total. The molecule has 1 aliphatic heterocycles. The summed E-state index contributed by atoms with van der Waals surface area (Å²) in [5, 5.41) is 0. The second-order valence-electron chi connectivity index (χ2n) is 2.70. The third-order valence-corrected chi connectivity index (χ3v) is 2.03. The lowest BCUT2D eigenvalue weighted by molar-refractivity contribution is 0.121. The topological polar surface area (TPSA) is 3.24 Å². The van der Waals surface area contributed by atoms with Crippen molar-refractivity contribution in [1.82, 2.24) is 4.90 Å². The van der Waals surface area contributed by atoms with E-state index in [1.54, 1.807) is 0 Å². The average molecular weight is 125 g/mol. The van der Waals surface area contributed by atoms with E-state index in [0.29, 0.717) is 0 Å². The summed E-state index contributed by atoms with van der Waals surface area (Å²) in [7, 11) is 0. The van der Waals surface area contributed by atoms with Gasteiger partial charge in [-0.15, -0.1) is 0 Å². The predicted molar refractivity (Wildman–Crippen MR) is 40.5 cm³/mol. The molecule has 1 aliphatic rings. The molecule has 0 aromatic rings. The highest BCUT2D eigenvalue weighted by Crippen LogP contribution is 2.14. The SMILES string of the molecule is C/C=C/CN1CCC1C. The van der Waals surface area contributed by atoms with Gasteiger partial charge in [-0.2, -0.15) is 0 Å². The van der Waals surface area contributed by atoms with Gasteiger partial charge in [0.05, 0.1) is 0 Å². The van der Waals surface area contributed by atoms with E-state index in [0.717, 1.165) is 12.6 Å². The summed E-state index contributed by atoms with van der Waals surface area (Å²) in [6, 6.07) is 0.834. The number of allylic oxidation sites excluding steroid dienone is 1. The average Bonchev–Trinajstić information content (AvgIpc) is 1.86.